The highest BCUT2D eigenvalue weighted by Gasteiger charge is 2.52. The first kappa shape index (κ1) is 20.3. The molecule has 1 saturated heterocycles. The third-order valence-electron chi connectivity index (χ3n) is 5.89. The average molecular weight is 389 g/mol. The van der Waals surface area contributed by atoms with Gasteiger partial charge < -0.3 is 10.6 Å². The minimum atomic E-state index is -0.849. The van der Waals surface area contributed by atoms with E-state index in [1.165, 1.54) is 12.1 Å². The van der Waals surface area contributed by atoms with Gasteiger partial charge in [0.2, 0.25) is 5.91 Å². The summed E-state index contributed by atoms with van der Waals surface area (Å²) in [6.45, 7) is 5.72. The van der Waals surface area contributed by atoms with Crippen molar-refractivity contribution in [3.8, 4) is 0 Å². The van der Waals surface area contributed by atoms with Crippen molar-refractivity contribution in [1.29, 1.82) is 0 Å². The monoisotopic (exact) mass is 389 g/mol. The maximum atomic E-state index is 13.2. The molecule has 1 spiro atoms. The van der Waals surface area contributed by atoms with Crippen LogP contribution >= 0.6 is 0 Å². The van der Waals surface area contributed by atoms with Gasteiger partial charge in [0.1, 0.15) is 17.9 Å². The Balaban J connectivity index is 1.67. The van der Waals surface area contributed by atoms with Crippen LogP contribution in [0.1, 0.15) is 58.1 Å². The first-order valence-electron chi connectivity index (χ1n) is 9.91. The lowest BCUT2D eigenvalue weighted by Crippen LogP contribution is -2.50. The van der Waals surface area contributed by atoms with Crippen LogP contribution in [0.25, 0.3) is 0 Å². The summed E-state index contributed by atoms with van der Waals surface area (Å²) in [6, 6.07) is 5.12. The Hall–Kier alpha value is -2.44. The van der Waals surface area contributed by atoms with Gasteiger partial charge in [-0.3, -0.25) is 14.5 Å². The Labute approximate surface area is 164 Å². The summed E-state index contributed by atoms with van der Waals surface area (Å²) in [4.78, 5) is 38.9. The summed E-state index contributed by atoms with van der Waals surface area (Å²) < 4.78 is 13.2. The zero-order valence-electron chi connectivity index (χ0n) is 16.6. The van der Waals surface area contributed by atoms with Crippen molar-refractivity contribution >= 4 is 17.8 Å². The van der Waals surface area contributed by atoms with Crippen LogP contribution in [-0.4, -0.2) is 34.8 Å². The lowest BCUT2D eigenvalue weighted by Gasteiger charge is -2.33. The zero-order valence-corrected chi connectivity index (χ0v) is 16.6. The number of carbonyl (C=O) groups is 3. The second kappa shape index (κ2) is 7.89. The molecule has 7 heteroatoms. The van der Waals surface area contributed by atoms with Crippen molar-refractivity contribution in [3.63, 3.8) is 0 Å². The van der Waals surface area contributed by atoms with E-state index in [0.29, 0.717) is 18.8 Å². The molecule has 3 rings (SSSR count). The molecular formula is C21H28FN3O3. The van der Waals surface area contributed by atoms with E-state index in [1.807, 2.05) is 13.8 Å². The molecule has 0 radical (unpaired) electrons. The van der Waals surface area contributed by atoms with Gasteiger partial charge in [-0.2, -0.15) is 0 Å². The third-order valence-corrected chi connectivity index (χ3v) is 5.89. The van der Waals surface area contributed by atoms with Gasteiger partial charge in [0.25, 0.3) is 5.91 Å². The van der Waals surface area contributed by atoms with Gasteiger partial charge in [0, 0.05) is 0 Å². The Kier molecular flexibility index (Phi) is 5.72. The first-order valence-corrected chi connectivity index (χ1v) is 9.91. The molecule has 0 unspecified atom stereocenters. The summed E-state index contributed by atoms with van der Waals surface area (Å²) >= 11 is 0. The molecule has 1 aliphatic heterocycles. The van der Waals surface area contributed by atoms with E-state index in [1.54, 1.807) is 12.1 Å². The quantitative estimate of drug-likeness (QED) is 0.760. The molecule has 0 aromatic heterocycles. The summed E-state index contributed by atoms with van der Waals surface area (Å²) in [5.41, 5.74) is -0.0714. The maximum absolute atomic E-state index is 13.2. The second-order valence-electron chi connectivity index (χ2n) is 8.43. The number of amides is 4. The number of hydrogen-bond acceptors (Lipinski definition) is 3. The maximum Gasteiger partial charge on any atom is 0.325 e. The minimum absolute atomic E-state index is 0.0590. The number of rotatable bonds is 5. The molecule has 1 aromatic rings. The van der Waals surface area contributed by atoms with Gasteiger partial charge in [0.15, 0.2) is 0 Å². The Bertz CT molecular complexity index is 755. The fourth-order valence-corrected chi connectivity index (χ4v) is 4.08. The largest absolute Gasteiger partial charge is 0.347 e. The van der Waals surface area contributed by atoms with Crippen LogP contribution in [-0.2, 0) is 9.59 Å². The Morgan fingerprint density at radius 1 is 1.25 bits per heavy atom. The number of hydrogen-bond donors (Lipinski definition) is 2. The highest BCUT2D eigenvalue weighted by atomic mass is 19.1. The fraction of sp³-hybridized carbons (Fsp3) is 0.571. The number of nitrogens with one attached hydrogen (secondary N) is 2. The predicted octanol–water partition coefficient (Wildman–Crippen LogP) is 3.14. The van der Waals surface area contributed by atoms with Crippen LogP contribution in [0.5, 0.6) is 0 Å². The number of urea groups is 1. The average Bonchev–Trinajstić information content (AvgIpc) is 2.87. The first-order chi connectivity index (χ1) is 13.2. The van der Waals surface area contributed by atoms with E-state index in [-0.39, 0.29) is 30.2 Å². The number of halogens is 1. The van der Waals surface area contributed by atoms with Gasteiger partial charge in [-0.15, -0.1) is 0 Å². The van der Waals surface area contributed by atoms with E-state index >= 15 is 0 Å². The molecule has 6 nitrogen and oxygen atoms in total. The number of nitrogens with zero attached hydrogens (tertiary/aromatic N) is 1. The molecule has 2 N–H and O–H groups in total. The highest BCUT2D eigenvalue weighted by molar-refractivity contribution is 6.09. The SMILES string of the molecule is CC1CCC2(CC1)NC(=O)N(CC(=O)N[C@@H](c1ccc(F)cc1)C(C)C)C2=O. The molecule has 0 bridgehead atoms. The van der Waals surface area contributed by atoms with Gasteiger partial charge in [-0.25, -0.2) is 9.18 Å². The zero-order chi connectivity index (χ0) is 20.5. The Morgan fingerprint density at radius 3 is 2.43 bits per heavy atom. The topological polar surface area (TPSA) is 78.5 Å². The van der Waals surface area contributed by atoms with E-state index in [2.05, 4.69) is 17.6 Å². The molecule has 1 aromatic carbocycles. The molecule has 152 valence electrons. The van der Waals surface area contributed by atoms with Crippen molar-refractivity contribution in [2.24, 2.45) is 11.8 Å². The van der Waals surface area contributed by atoms with Crippen molar-refractivity contribution in [1.82, 2.24) is 15.5 Å². The van der Waals surface area contributed by atoms with E-state index in [4.69, 9.17) is 0 Å². The van der Waals surface area contributed by atoms with E-state index in [0.717, 1.165) is 23.3 Å². The minimum Gasteiger partial charge on any atom is -0.347 e. The van der Waals surface area contributed by atoms with Gasteiger partial charge in [-0.05, 0) is 55.2 Å². The molecule has 2 fully saturated rings. The molecule has 1 saturated carbocycles. The summed E-state index contributed by atoms with van der Waals surface area (Å²) in [5, 5.41) is 5.71. The van der Waals surface area contributed by atoms with Crippen LogP contribution < -0.4 is 10.6 Å². The predicted molar refractivity (Wildman–Crippen MR) is 103 cm³/mol. The van der Waals surface area contributed by atoms with Crippen LogP contribution in [0.15, 0.2) is 24.3 Å². The van der Waals surface area contributed by atoms with Gasteiger partial charge >= 0.3 is 6.03 Å². The molecule has 28 heavy (non-hydrogen) atoms. The third kappa shape index (κ3) is 4.03. The normalized spacial score (nSPS) is 25.9. The fourth-order valence-electron chi connectivity index (χ4n) is 4.08. The molecule has 1 heterocycles. The second-order valence-corrected chi connectivity index (χ2v) is 8.43. The summed E-state index contributed by atoms with van der Waals surface area (Å²) in [6.07, 6.45) is 2.99. The van der Waals surface area contributed by atoms with Gasteiger partial charge in [0.05, 0.1) is 6.04 Å². The summed E-state index contributed by atoms with van der Waals surface area (Å²) in [7, 11) is 0. The molecule has 2 aliphatic rings. The van der Waals surface area contributed by atoms with Crippen molar-refractivity contribution in [2.75, 3.05) is 6.54 Å². The standard InChI is InChI=1S/C21H28FN3O3/c1-13(2)18(15-4-6-16(22)7-5-15)23-17(26)12-25-19(27)21(24-20(25)28)10-8-14(3)9-11-21/h4-7,13-14,18H,8-12H2,1-3H3,(H,23,26)(H,24,28)/t14?,18-,21?/m1/s1. The van der Waals surface area contributed by atoms with E-state index in [9.17, 15) is 18.8 Å². The smallest absolute Gasteiger partial charge is 0.325 e. The molecule has 4 amide bonds. The van der Waals surface area contributed by atoms with Crippen molar-refractivity contribution < 1.29 is 18.8 Å². The van der Waals surface area contributed by atoms with E-state index < -0.39 is 17.5 Å². The van der Waals surface area contributed by atoms with Gasteiger partial charge in [-0.1, -0.05) is 32.9 Å². The van der Waals surface area contributed by atoms with Crippen LogP contribution in [0, 0.1) is 17.7 Å². The summed E-state index contributed by atoms with van der Waals surface area (Å²) in [5.74, 6) is -0.460. The molecule has 1 atom stereocenters. The van der Waals surface area contributed by atoms with Crippen LogP contribution in [0.2, 0.25) is 0 Å². The lowest BCUT2D eigenvalue weighted by molar-refractivity contribution is -0.136. The highest BCUT2D eigenvalue weighted by Crippen LogP contribution is 2.36. The van der Waals surface area contributed by atoms with Crippen molar-refractivity contribution in [2.45, 2.75) is 58.0 Å². The van der Waals surface area contributed by atoms with Crippen LogP contribution in [0.3, 0.4) is 0 Å². The molecular weight excluding hydrogens is 361 g/mol. The number of carbonyl (C=O) groups excluding carboxylic acids is 3. The van der Waals surface area contributed by atoms with Crippen molar-refractivity contribution in [3.05, 3.63) is 35.6 Å². The van der Waals surface area contributed by atoms with Crippen LogP contribution in [0.4, 0.5) is 9.18 Å². The number of benzene rings is 1. The Morgan fingerprint density at radius 2 is 1.86 bits per heavy atom. The molecule has 1 aliphatic carbocycles. The lowest BCUT2D eigenvalue weighted by atomic mass is 9.77. The number of imide groups is 1.